The van der Waals surface area contributed by atoms with Crippen molar-refractivity contribution in [3.8, 4) is 0 Å². The highest BCUT2D eigenvalue weighted by molar-refractivity contribution is 8.02. The summed E-state index contributed by atoms with van der Waals surface area (Å²) in [5.74, 6) is -0.305. The Balaban J connectivity index is 1.67. The van der Waals surface area contributed by atoms with Crippen LogP contribution in [0.4, 0.5) is 0 Å². The molecule has 1 saturated heterocycles. The fraction of sp³-hybridized carbons (Fsp3) is 0.875. The number of amides is 1. The predicted molar refractivity (Wildman–Crippen MR) is 94.7 cm³/mol. The van der Waals surface area contributed by atoms with Crippen LogP contribution >= 0.6 is 11.8 Å². The van der Waals surface area contributed by atoms with Gasteiger partial charge in [-0.15, -0.1) is 11.8 Å². The summed E-state index contributed by atoms with van der Waals surface area (Å²) >= 11 is 1.30. The molecule has 1 N–H and O–H groups in total. The van der Waals surface area contributed by atoms with Crippen molar-refractivity contribution >= 4 is 33.5 Å². The molecule has 0 aromatic carbocycles. The lowest BCUT2D eigenvalue weighted by atomic mass is 10.1. The summed E-state index contributed by atoms with van der Waals surface area (Å²) < 4.78 is 27.9. The molecular formula is C16H27NO5S2. The first-order valence-corrected chi connectivity index (χ1v) is 11.5. The van der Waals surface area contributed by atoms with Crippen molar-refractivity contribution in [2.75, 3.05) is 17.3 Å². The van der Waals surface area contributed by atoms with E-state index < -0.39 is 21.9 Å². The van der Waals surface area contributed by atoms with Crippen molar-refractivity contribution < 1.29 is 22.7 Å². The van der Waals surface area contributed by atoms with Crippen LogP contribution < -0.4 is 5.32 Å². The number of esters is 1. The number of rotatable bonds is 6. The third kappa shape index (κ3) is 6.63. The van der Waals surface area contributed by atoms with Crippen LogP contribution in [0.2, 0.25) is 0 Å². The molecule has 8 heteroatoms. The van der Waals surface area contributed by atoms with Crippen molar-refractivity contribution in [1.82, 2.24) is 5.32 Å². The molecule has 6 nitrogen and oxygen atoms in total. The SMILES string of the molecule is C[C@H](OC(=O)CS[C@H]1CCS(=O)(=O)C1)C(=O)NC1CCCCCC1. The Hall–Kier alpha value is -0.760. The topological polar surface area (TPSA) is 89.5 Å². The van der Waals surface area contributed by atoms with Gasteiger partial charge in [-0.1, -0.05) is 25.7 Å². The monoisotopic (exact) mass is 377 g/mol. The van der Waals surface area contributed by atoms with Crippen LogP contribution in [-0.2, 0) is 24.2 Å². The van der Waals surface area contributed by atoms with E-state index in [4.69, 9.17) is 4.74 Å². The molecule has 0 aromatic heterocycles. The molecule has 0 bridgehead atoms. The van der Waals surface area contributed by atoms with Crippen molar-refractivity contribution in [2.45, 2.75) is 69.3 Å². The number of nitrogens with one attached hydrogen (secondary N) is 1. The van der Waals surface area contributed by atoms with Crippen LogP contribution in [0.1, 0.15) is 51.9 Å². The molecule has 0 unspecified atom stereocenters. The van der Waals surface area contributed by atoms with E-state index in [1.807, 2.05) is 0 Å². The lowest BCUT2D eigenvalue weighted by Crippen LogP contribution is -2.42. The Morgan fingerprint density at radius 2 is 1.83 bits per heavy atom. The van der Waals surface area contributed by atoms with Gasteiger partial charge in [0, 0.05) is 11.3 Å². The Labute approximate surface area is 148 Å². The molecule has 1 heterocycles. The maximum Gasteiger partial charge on any atom is 0.316 e. The number of carbonyl (C=O) groups is 2. The van der Waals surface area contributed by atoms with Crippen LogP contribution in [0.5, 0.6) is 0 Å². The number of thioether (sulfide) groups is 1. The molecule has 1 aliphatic heterocycles. The van der Waals surface area contributed by atoms with Gasteiger partial charge in [-0.25, -0.2) is 8.42 Å². The van der Waals surface area contributed by atoms with E-state index in [0.717, 1.165) is 25.7 Å². The summed E-state index contributed by atoms with van der Waals surface area (Å²) in [7, 11) is -2.94. The molecular weight excluding hydrogens is 350 g/mol. The number of sulfone groups is 1. The number of carbonyl (C=O) groups excluding carboxylic acids is 2. The smallest absolute Gasteiger partial charge is 0.316 e. The van der Waals surface area contributed by atoms with E-state index in [2.05, 4.69) is 5.32 Å². The van der Waals surface area contributed by atoms with Crippen molar-refractivity contribution in [3.05, 3.63) is 0 Å². The fourth-order valence-corrected chi connectivity index (χ4v) is 6.53. The van der Waals surface area contributed by atoms with E-state index in [9.17, 15) is 18.0 Å². The van der Waals surface area contributed by atoms with Crippen LogP contribution in [0.15, 0.2) is 0 Å². The molecule has 0 spiro atoms. The first-order valence-electron chi connectivity index (χ1n) is 8.67. The molecule has 2 fully saturated rings. The van der Waals surface area contributed by atoms with Crippen molar-refractivity contribution in [2.24, 2.45) is 0 Å². The second kappa shape index (κ2) is 9.08. The van der Waals surface area contributed by atoms with Gasteiger partial charge in [0.15, 0.2) is 15.9 Å². The minimum Gasteiger partial charge on any atom is -0.452 e. The van der Waals surface area contributed by atoms with E-state index in [1.54, 1.807) is 6.92 Å². The summed E-state index contributed by atoms with van der Waals surface area (Å²) in [6, 6.07) is 0.180. The van der Waals surface area contributed by atoms with Gasteiger partial charge in [0.2, 0.25) is 0 Å². The number of hydrogen-bond acceptors (Lipinski definition) is 6. The Morgan fingerprint density at radius 3 is 2.42 bits per heavy atom. The number of hydrogen-bond donors (Lipinski definition) is 1. The van der Waals surface area contributed by atoms with Gasteiger partial charge >= 0.3 is 5.97 Å². The molecule has 138 valence electrons. The molecule has 1 saturated carbocycles. The molecule has 2 atom stereocenters. The lowest BCUT2D eigenvalue weighted by Gasteiger charge is -2.19. The predicted octanol–water partition coefficient (Wildman–Crippen LogP) is 1.68. The normalized spacial score (nSPS) is 25.6. The first kappa shape index (κ1) is 19.6. The van der Waals surface area contributed by atoms with Gasteiger partial charge in [0.05, 0.1) is 17.3 Å². The average molecular weight is 378 g/mol. The Kier molecular flexibility index (Phi) is 7.40. The molecule has 0 aromatic rings. The molecule has 0 radical (unpaired) electrons. The highest BCUT2D eigenvalue weighted by Gasteiger charge is 2.29. The molecule has 1 amide bonds. The van der Waals surface area contributed by atoms with E-state index in [0.29, 0.717) is 6.42 Å². The maximum absolute atomic E-state index is 12.1. The maximum atomic E-state index is 12.1. The zero-order valence-electron chi connectivity index (χ0n) is 14.2. The van der Waals surface area contributed by atoms with Crippen LogP contribution in [0.3, 0.4) is 0 Å². The molecule has 24 heavy (non-hydrogen) atoms. The third-order valence-electron chi connectivity index (χ3n) is 4.51. The van der Waals surface area contributed by atoms with Gasteiger partial charge in [-0.2, -0.15) is 0 Å². The summed E-state index contributed by atoms with van der Waals surface area (Å²) in [6.07, 6.45) is 6.42. The van der Waals surface area contributed by atoms with E-state index >= 15 is 0 Å². The van der Waals surface area contributed by atoms with Crippen LogP contribution in [-0.4, -0.2) is 54.9 Å². The van der Waals surface area contributed by atoms with Crippen LogP contribution in [0.25, 0.3) is 0 Å². The van der Waals surface area contributed by atoms with Gasteiger partial charge in [-0.3, -0.25) is 9.59 Å². The van der Waals surface area contributed by atoms with Crippen LogP contribution in [0, 0.1) is 0 Å². The second-order valence-electron chi connectivity index (χ2n) is 6.67. The Bertz CT molecular complexity index is 541. The summed E-state index contributed by atoms with van der Waals surface area (Å²) in [4.78, 5) is 24.0. The van der Waals surface area contributed by atoms with Crippen molar-refractivity contribution in [1.29, 1.82) is 0 Å². The summed E-state index contributed by atoms with van der Waals surface area (Å²) in [5.41, 5.74) is 0. The Morgan fingerprint density at radius 1 is 1.17 bits per heavy atom. The number of ether oxygens (including phenoxy) is 1. The van der Waals surface area contributed by atoms with Gasteiger partial charge in [0.1, 0.15) is 0 Å². The van der Waals surface area contributed by atoms with Crippen molar-refractivity contribution in [3.63, 3.8) is 0 Å². The minimum absolute atomic E-state index is 0.0438. The summed E-state index contributed by atoms with van der Waals surface area (Å²) in [6.45, 7) is 1.58. The van der Waals surface area contributed by atoms with E-state index in [-0.39, 0.29) is 34.5 Å². The molecule has 1 aliphatic carbocycles. The average Bonchev–Trinajstić information content (AvgIpc) is 2.71. The summed E-state index contributed by atoms with van der Waals surface area (Å²) in [5, 5.41) is 2.93. The first-order chi connectivity index (χ1) is 11.4. The lowest BCUT2D eigenvalue weighted by molar-refractivity contribution is -0.152. The zero-order chi connectivity index (χ0) is 17.6. The highest BCUT2D eigenvalue weighted by atomic mass is 32.2. The largest absolute Gasteiger partial charge is 0.452 e. The van der Waals surface area contributed by atoms with E-state index in [1.165, 1.54) is 24.6 Å². The zero-order valence-corrected chi connectivity index (χ0v) is 15.8. The second-order valence-corrected chi connectivity index (χ2v) is 10.2. The highest BCUT2D eigenvalue weighted by Crippen LogP contribution is 2.24. The fourth-order valence-electron chi connectivity index (χ4n) is 3.11. The minimum atomic E-state index is -2.94. The van der Waals surface area contributed by atoms with Gasteiger partial charge in [-0.05, 0) is 26.2 Å². The standard InChI is InChI=1S/C16H27NO5S2/c1-12(16(19)17-13-6-4-2-3-5-7-13)22-15(18)10-23-14-8-9-24(20,21)11-14/h12-14H,2-11H2,1H3,(H,17,19)/t12-,14-/m0/s1. The third-order valence-corrected chi connectivity index (χ3v) is 7.76. The molecule has 2 aliphatic rings. The van der Waals surface area contributed by atoms with Gasteiger partial charge < -0.3 is 10.1 Å². The quantitative estimate of drug-likeness (QED) is 0.559. The van der Waals surface area contributed by atoms with Gasteiger partial charge in [0.25, 0.3) is 5.91 Å². The molecule has 2 rings (SSSR count).